The minimum atomic E-state index is -1.71. The molecular formula is C24H27Cl2N3O7. The first-order chi connectivity index (χ1) is 16.7. The number of benzene rings is 2. The van der Waals surface area contributed by atoms with Crippen molar-refractivity contribution in [2.75, 3.05) is 33.2 Å². The van der Waals surface area contributed by atoms with Crippen LogP contribution in [-0.4, -0.2) is 105 Å². The van der Waals surface area contributed by atoms with Gasteiger partial charge in [0, 0.05) is 5.02 Å². The first-order valence-electron chi connectivity index (χ1n) is 11.3. The number of nitrogens with zero attached hydrogens (tertiary/aromatic N) is 3. The molecule has 0 radical (unpaired) electrons. The van der Waals surface area contributed by atoms with Crippen molar-refractivity contribution in [2.45, 2.75) is 30.6 Å². The van der Waals surface area contributed by atoms with Crippen LogP contribution in [0.3, 0.4) is 0 Å². The smallest absolute Gasteiger partial charge is 0.335 e. The average Bonchev–Trinajstić information content (AvgIpc) is 2.99. The van der Waals surface area contributed by atoms with Crippen molar-refractivity contribution in [3.8, 4) is 11.5 Å². The molecule has 5 atom stereocenters. The highest BCUT2D eigenvalue weighted by atomic mass is 35.5. The molecule has 0 aromatic heterocycles. The standard InChI is InChI=1S/C24H26ClN3O7.ClH/c1-28(23-20(31)18(29)19(30)21(35-23)24(32)33)10-8-27(9-11-28)22-14-12-13(25)6-7-16(14)34-17-5-3-2-4-15(17)26-22;/h2-7,12,18-21,23,29-31H,8-11H2,1H3;1H/t18?,19-,20?,21-,23+;/m0./s1. The first-order valence-corrected chi connectivity index (χ1v) is 11.7. The van der Waals surface area contributed by atoms with Crippen molar-refractivity contribution >= 4 is 29.1 Å². The quantitative estimate of drug-likeness (QED) is 0.328. The van der Waals surface area contributed by atoms with Crippen LogP contribution in [0.25, 0.3) is 0 Å². The molecule has 0 spiro atoms. The third-order valence-corrected chi connectivity index (χ3v) is 7.24. The molecule has 2 aromatic carbocycles. The summed E-state index contributed by atoms with van der Waals surface area (Å²) in [5.74, 6) is 0.574. The van der Waals surface area contributed by atoms with E-state index < -0.39 is 36.6 Å². The second-order valence-electron chi connectivity index (χ2n) is 9.32. The summed E-state index contributed by atoms with van der Waals surface area (Å²) in [5, 5.41) is 40.9. The molecule has 36 heavy (non-hydrogen) atoms. The zero-order valence-corrected chi connectivity index (χ0v) is 20.9. The number of rotatable bonds is 2. The summed E-state index contributed by atoms with van der Waals surface area (Å²) < 4.78 is 11.9. The van der Waals surface area contributed by atoms with Crippen LogP contribution in [-0.2, 0) is 9.53 Å². The first kappa shape index (κ1) is 26.6. The van der Waals surface area contributed by atoms with Crippen LogP contribution in [0.15, 0.2) is 47.5 Å². The molecular weight excluding hydrogens is 513 g/mol. The van der Waals surface area contributed by atoms with Gasteiger partial charge in [-0.25, -0.2) is 9.79 Å². The van der Waals surface area contributed by atoms with E-state index in [4.69, 9.17) is 26.1 Å². The van der Waals surface area contributed by atoms with Crippen LogP contribution in [0.2, 0.25) is 5.02 Å². The predicted molar refractivity (Wildman–Crippen MR) is 126 cm³/mol. The number of aliphatic hydroxyl groups excluding tert-OH is 3. The molecule has 194 valence electrons. The Labute approximate surface area is 218 Å². The number of halogens is 2. The van der Waals surface area contributed by atoms with Crippen molar-refractivity contribution < 1.29 is 51.6 Å². The monoisotopic (exact) mass is 539 g/mol. The van der Waals surface area contributed by atoms with Gasteiger partial charge < -0.3 is 47.2 Å². The number of aliphatic imine (C=N–C) groups is 1. The molecule has 10 nitrogen and oxygen atoms in total. The lowest BCUT2D eigenvalue weighted by Gasteiger charge is -2.51. The summed E-state index contributed by atoms with van der Waals surface area (Å²) in [7, 11) is 1.84. The number of para-hydroxylation sites is 2. The van der Waals surface area contributed by atoms with Crippen molar-refractivity contribution in [1.29, 1.82) is 0 Å². The molecule has 0 aliphatic carbocycles. The summed E-state index contributed by atoms with van der Waals surface area (Å²) in [6.07, 6.45) is -7.42. The third kappa shape index (κ3) is 4.66. The van der Waals surface area contributed by atoms with Gasteiger partial charge in [-0.3, -0.25) is 4.48 Å². The lowest BCUT2D eigenvalue weighted by molar-refractivity contribution is -0.964. The van der Waals surface area contributed by atoms with Crippen LogP contribution in [0.1, 0.15) is 5.56 Å². The largest absolute Gasteiger partial charge is 1.00 e. The maximum Gasteiger partial charge on any atom is 0.335 e. The van der Waals surface area contributed by atoms with Gasteiger partial charge in [0.1, 0.15) is 29.5 Å². The van der Waals surface area contributed by atoms with Gasteiger partial charge in [-0.15, -0.1) is 0 Å². The summed E-state index contributed by atoms with van der Waals surface area (Å²) in [5.41, 5.74) is 1.44. The number of aliphatic carboxylic acids is 1. The highest BCUT2D eigenvalue weighted by Crippen LogP contribution is 2.39. The maximum absolute atomic E-state index is 11.6. The number of carbonyl (C=O) groups is 1. The molecule has 2 saturated heterocycles. The molecule has 4 N–H and O–H groups in total. The van der Waals surface area contributed by atoms with E-state index in [2.05, 4.69) is 4.90 Å². The summed E-state index contributed by atoms with van der Waals surface area (Å²) in [6, 6.07) is 12.9. The lowest BCUT2D eigenvalue weighted by Crippen LogP contribution is -3.00. The molecule has 2 fully saturated rings. The predicted octanol–water partition coefficient (Wildman–Crippen LogP) is -1.82. The van der Waals surface area contributed by atoms with Crippen LogP contribution >= 0.6 is 11.6 Å². The van der Waals surface area contributed by atoms with E-state index in [1.165, 1.54) is 0 Å². The number of aliphatic hydroxyl groups is 3. The Balaban J connectivity index is 0.00000304. The average molecular weight is 540 g/mol. The number of amidine groups is 1. The number of carboxylic acids is 1. The molecule has 12 heteroatoms. The highest BCUT2D eigenvalue weighted by Gasteiger charge is 2.54. The van der Waals surface area contributed by atoms with E-state index >= 15 is 0 Å². The highest BCUT2D eigenvalue weighted by molar-refractivity contribution is 6.31. The number of hydrogen-bond acceptors (Lipinski definition) is 8. The van der Waals surface area contributed by atoms with Crippen molar-refractivity contribution in [3.63, 3.8) is 0 Å². The lowest BCUT2D eigenvalue weighted by atomic mass is 9.96. The van der Waals surface area contributed by atoms with Gasteiger partial charge in [-0.1, -0.05) is 23.7 Å². The molecule has 0 amide bonds. The summed E-state index contributed by atoms with van der Waals surface area (Å²) in [4.78, 5) is 18.5. The number of quaternary nitrogens is 1. The number of likely N-dealkylation sites (N-methyl/N-ethyl adjacent to an activating group) is 1. The number of piperazine rings is 1. The Morgan fingerprint density at radius 2 is 1.75 bits per heavy atom. The van der Waals surface area contributed by atoms with Gasteiger partial charge in [0.25, 0.3) is 0 Å². The van der Waals surface area contributed by atoms with Crippen LogP contribution in [0, 0.1) is 0 Å². The zero-order valence-electron chi connectivity index (χ0n) is 19.4. The number of hydrogen-bond donors (Lipinski definition) is 4. The fraction of sp³-hybridized carbons (Fsp3) is 0.417. The fourth-order valence-corrected chi connectivity index (χ4v) is 5.08. The van der Waals surface area contributed by atoms with E-state index in [1.54, 1.807) is 6.07 Å². The summed E-state index contributed by atoms with van der Waals surface area (Å²) >= 11 is 6.30. The second-order valence-corrected chi connectivity index (χ2v) is 9.75. The Hall–Kier alpha value is -2.44. The SMILES string of the molecule is C[N+]1([C@@H]2O[C@H](C(=O)O)[C@@H](O)C(O)C2O)CCN(C2=Nc3ccccc3Oc3ccc(Cl)cc32)CC1.[Cl-]. The molecule has 0 bridgehead atoms. The topological polar surface area (TPSA) is 132 Å². The normalized spacial score (nSPS) is 29.0. The Morgan fingerprint density at radius 1 is 1.06 bits per heavy atom. The summed E-state index contributed by atoms with van der Waals surface area (Å²) in [6.45, 7) is 1.95. The van der Waals surface area contributed by atoms with Crippen molar-refractivity contribution in [2.24, 2.45) is 4.99 Å². The Morgan fingerprint density at radius 3 is 2.44 bits per heavy atom. The third-order valence-electron chi connectivity index (χ3n) is 7.00. The van der Waals surface area contributed by atoms with E-state index in [9.17, 15) is 25.2 Å². The molecule has 2 unspecified atom stereocenters. The Bertz CT molecular complexity index is 1170. The molecule has 2 aromatic rings. The van der Waals surface area contributed by atoms with Gasteiger partial charge in [-0.2, -0.15) is 0 Å². The zero-order chi connectivity index (χ0) is 24.9. The number of carboxylic acid groups (broad SMARTS) is 1. The second kappa shape index (κ2) is 10.1. The van der Waals surface area contributed by atoms with E-state index in [-0.39, 0.29) is 16.9 Å². The van der Waals surface area contributed by atoms with Gasteiger partial charge in [0.05, 0.1) is 38.8 Å². The van der Waals surface area contributed by atoms with E-state index in [1.807, 2.05) is 43.4 Å². The van der Waals surface area contributed by atoms with Gasteiger partial charge >= 0.3 is 5.97 Å². The Kier molecular flexibility index (Phi) is 7.50. The van der Waals surface area contributed by atoms with Crippen molar-refractivity contribution in [1.82, 2.24) is 4.90 Å². The molecule has 3 heterocycles. The van der Waals surface area contributed by atoms with Crippen LogP contribution < -0.4 is 17.1 Å². The van der Waals surface area contributed by atoms with Gasteiger partial charge in [0.2, 0.25) is 6.23 Å². The molecule has 5 rings (SSSR count). The molecule has 0 saturated carbocycles. The molecule has 3 aliphatic rings. The maximum atomic E-state index is 11.6. The van der Waals surface area contributed by atoms with E-state index in [0.29, 0.717) is 54.2 Å². The van der Waals surface area contributed by atoms with Crippen LogP contribution in [0.5, 0.6) is 11.5 Å². The molecule has 3 aliphatic heterocycles. The van der Waals surface area contributed by atoms with Gasteiger partial charge in [-0.05, 0) is 30.3 Å². The van der Waals surface area contributed by atoms with Gasteiger partial charge in [0.15, 0.2) is 18.0 Å². The fourth-order valence-electron chi connectivity index (χ4n) is 4.90. The van der Waals surface area contributed by atoms with Crippen molar-refractivity contribution in [3.05, 3.63) is 53.1 Å². The minimum absolute atomic E-state index is 0. The number of ether oxygens (including phenoxy) is 2. The number of fused-ring (bicyclic) bond motifs is 2. The van der Waals surface area contributed by atoms with E-state index in [0.717, 1.165) is 5.56 Å². The van der Waals surface area contributed by atoms with Crippen LogP contribution in [0.4, 0.5) is 5.69 Å². The minimum Gasteiger partial charge on any atom is -1.00 e.